The summed E-state index contributed by atoms with van der Waals surface area (Å²) < 4.78 is 0. The highest BCUT2D eigenvalue weighted by atomic mass is 32.1. The third-order valence-electron chi connectivity index (χ3n) is 1.92. The molecule has 0 aromatic rings. The van der Waals surface area contributed by atoms with Gasteiger partial charge in [0.25, 0.3) is 0 Å². The zero-order chi connectivity index (χ0) is 11.7. The zero-order valence-corrected chi connectivity index (χ0v) is 10.3. The van der Waals surface area contributed by atoms with Crippen molar-refractivity contribution in [1.29, 1.82) is 0 Å². The molecule has 0 aliphatic heterocycles. The minimum absolute atomic E-state index is 0.0258. The lowest BCUT2D eigenvalue weighted by Gasteiger charge is -2.20. The van der Waals surface area contributed by atoms with Crippen molar-refractivity contribution in [3.05, 3.63) is 0 Å². The standard InChI is InChI=1S/C10H20N2O2S/c1-3-6-12(10(14)4-2)8-9(13)11-5-7-15/h15H,3-8H2,1-2H3,(H,11,13). The van der Waals surface area contributed by atoms with E-state index in [4.69, 9.17) is 0 Å². The highest BCUT2D eigenvalue weighted by molar-refractivity contribution is 7.80. The Morgan fingerprint density at radius 1 is 1.33 bits per heavy atom. The van der Waals surface area contributed by atoms with Crippen molar-refractivity contribution >= 4 is 24.4 Å². The normalized spacial score (nSPS) is 9.80. The third-order valence-corrected chi connectivity index (χ3v) is 2.14. The summed E-state index contributed by atoms with van der Waals surface area (Å²) in [5.74, 6) is 0.526. The molecule has 0 rings (SSSR count). The van der Waals surface area contributed by atoms with Crippen molar-refractivity contribution in [2.45, 2.75) is 26.7 Å². The number of thiol groups is 1. The Kier molecular flexibility index (Phi) is 8.18. The first-order chi connectivity index (χ1) is 7.15. The van der Waals surface area contributed by atoms with Crippen molar-refractivity contribution in [2.75, 3.05) is 25.4 Å². The van der Waals surface area contributed by atoms with Gasteiger partial charge in [0, 0.05) is 25.3 Å². The maximum atomic E-state index is 11.4. The summed E-state index contributed by atoms with van der Waals surface area (Å²) in [6, 6.07) is 0. The molecule has 1 N–H and O–H groups in total. The molecule has 0 aliphatic rings. The molecule has 2 amide bonds. The van der Waals surface area contributed by atoms with Crippen LogP contribution in [0, 0.1) is 0 Å². The van der Waals surface area contributed by atoms with Crippen LogP contribution in [0.25, 0.3) is 0 Å². The van der Waals surface area contributed by atoms with Gasteiger partial charge in [0.1, 0.15) is 0 Å². The first-order valence-electron chi connectivity index (χ1n) is 5.31. The molecule has 88 valence electrons. The Morgan fingerprint density at radius 2 is 2.00 bits per heavy atom. The van der Waals surface area contributed by atoms with E-state index >= 15 is 0 Å². The summed E-state index contributed by atoms with van der Waals surface area (Å²) in [6.07, 6.45) is 1.31. The molecule has 4 nitrogen and oxygen atoms in total. The van der Waals surface area contributed by atoms with Crippen LogP contribution in [0.3, 0.4) is 0 Å². The SMILES string of the molecule is CCCN(CC(=O)NCCS)C(=O)CC. The van der Waals surface area contributed by atoms with E-state index < -0.39 is 0 Å². The molecular weight excluding hydrogens is 212 g/mol. The van der Waals surface area contributed by atoms with Crippen LogP contribution in [-0.4, -0.2) is 42.1 Å². The van der Waals surface area contributed by atoms with Gasteiger partial charge in [-0.15, -0.1) is 0 Å². The molecule has 0 aromatic carbocycles. The van der Waals surface area contributed by atoms with Gasteiger partial charge in [-0.05, 0) is 6.42 Å². The summed E-state index contributed by atoms with van der Waals surface area (Å²) in [5, 5.41) is 2.69. The fraction of sp³-hybridized carbons (Fsp3) is 0.800. The quantitative estimate of drug-likeness (QED) is 0.634. The van der Waals surface area contributed by atoms with E-state index in [1.54, 1.807) is 11.8 Å². The minimum atomic E-state index is -0.112. The van der Waals surface area contributed by atoms with Crippen molar-refractivity contribution in [3.8, 4) is 0 Å². The van der Waals surface area contributed by atoms with Crippen molar-refractivity contribution in [1.82, 2.24) is 10.2 Å². The molecule has 0 saturated heterocycles. The number of hydrogen-bond donors (Lipinski definition) is 2. The Morgan fingerprint density at radius 3 is 2.47 bits per heavy atom. The lowest BCUT2D eigenvalue weighted by atomic mass is 10.3. The van der Waals surface area contributed by atoms with Gasteiger partial charge in [-0.3, -0.25) is 9.59 Å². The van der Waals surface area contributed by atoms with Crippen LogP contribution in [0.4, 0.5) is 0 Å². The smallest absolute Gasteiger partial charge is 0.239 e. The van der Waals surface area contributed by atoms with Crippen LogP contribution in [0.2, 0.25) is 0 Å². The highest BCUT2D eigenvalue weighted by Gasteiger charge is 2.13. The van der Waals surface area contributed by atoms with Crippen LogP contribution in [-0.2, 0) is 9.59 Å². The van der Waals surface area contributed by atoms with Gasteiger partial charge in [0.05, 0.1) is 6.54 Å². The summed E-state index contributed by atoms with van der Waals surface area (Å²) in [7, 11) is 0. The van der Waals surface area contributed by atoms with E-state index in [-0.39, 0.29) is 18.4 Å². The van der Waals surface area contributed by atoms with E-state index in [9.17, 15) is 9.59 Å². The van der Waals surface area contributed by atoms with E-state index in [0.717, 1.165) is 6.42 Å². The van der Waals surface area contributed by atoms with Crippen molar-refractivity contribution in [3.63, 3.8) is 0 Å². The Bertz CT molecular complexity index is 210. The zero-order valence-electron chi connectivity index (χ0n) is 9.45. The molecule has 0 heterocycles. The summed E-state index contributed by atoms with van der Waals surface area (Å²) in [4.78, 5) is 24.4. The number of carbonyl (C=O) groups excluding carboxylic acids is 2. The molecule has 0 radical (unpaired) electrons. The molecule has 15 heavy (non-hydrogen) atoms. The number of nitrogens with zero attached hydrogens (tertiary/aromatic N) is 1. The molecule has 0 aromatic heterocycles. The van der Waals surface area contributed by atoms with Gasteiger partial charge in [-0.2, -0.15) is 12.6 Å². The fourth-order valence-corrected chi connectivity index (χ4v) is 1.32. The first kappa shape index (κ1) is 14.3. The average molecular weight is 232 g/mol. The van der Waals surface area contributed by atoms with Gasteiger partial charge in [-0.1, -0.05) is 13.8 Å². The van der Waals surface area contributed by atoms with E-state index in [2.05, 4.69) is 17.9 Å². The van der Waals surface area contributed by atoms with Gasteiger partial charge in [-0.25, -0.2) is 0 Å². The fourth-order valence-electron chi connectivity index (χ4n) is 1.21. The van der Waals surface area contributed by atoms with Gasteiger partial charge in [0.2, 0.25) is 11.8 Å². The average Bonchev–Trinajstić information content (AvgIpc) is 2.24. The minimum Gasteiger partial charge on any atom is -0.354 e. The second-order valence-electron chi connectivity index (χ2n) is 3.24. The molecule has 5 heteroatoms. The van der Waals surface area contributed by atoms with E-state index in [0.29, 0.717) is 25.3 Å². The second kappa shape index (κ2) is 8.59. The number of carbonyl (C=O) groups is 2. The topological polar surface area (TPSA) is 49.4 Å². The predicted octanol–water partition coefficient (Wildman–Crippen LogP) is 0.681. The molecule has 0 aliphatic carbocycles. The van der Waals surface area contributed by atoms with Crippen LogP contribution >= 0.6 is 12.6 Å². The van der Waals surface area contributed by atoms with Crippen LogP contribution in [0.1, 0.15) is 26.7 Å². The monoisotopic (exact) mass is 232 g/mol. The van der Waals surface area contributed by atoms with Crippen LogP contribution in [0.5, 0.6) is 0 Å². The molecular formula is C10H20N2O2S. The molecule has 0 saturated carbocycles. The molecule has 0 spiro atoms. The molecule has 0 fully saturated rings. The predicted molar refractivity (Wildman–Crippen MR) is 64.0 cm³/mol. The van der Waals surface area contributed by atoms with Crippen molar-refractivity contribution < 1.29 is 9.59 Å². The van der Waals surface area contributed by atoms with Crippen LogP contribution < -0.4 is 5.32 Å². The van der Waals surface area contributed by atoms with Gasteiger partial charge in [0.15, 0.2) is 0 Å². The van der Waals surface area contributed by atoms with Crippen LogP contribution in [0.15, 0.2) is 0 Å². The number of nitrogens with one attached hydrogen (secondary N) is 1. The van der Waals surface area contributed by atoms with Gasteiger partial charge >= 0.3 is 0 Å². The van der Waals surface area contributed by atoms with Gasteiger partial charge < -0.3 is 10.2 Å². The lowest BCUT2D eigenvalue weighted by Crippen LogP contribution is -2.41. The Hall–Kier alpha value is -0.710. The third kappa shape index (κ3) is 6.38. The van der Waals surface area contributed by atoms with E-state index in [1.165, 1.54) is 0 Å². The highest BCUT2D eigenvalue weighted by Crippen LogP contribution is 1.95. The van der Waals surface area contributed by atoms with Crippen molar-refractivity contribution in [2.24, 2.45) is 0 Å². The lowest BCUT2D eigenvalue weighted by molar-refractivity contribution is -0.135. The number of hydrogen-bond acceptors (Lipinski definition) is 3. The maximum absolute atomic E-state index is 11.4. The summed E-state index contributed by atoms with van der Waals surface area (Å²) >= 11 is 3.99. The number of rotatable bonds is 7. The second-order valence-corrected chi connectivity index (χ2v) is 3.69. The molecule has 0 bridgehead atoms. The largest absolute Gasteiger partial charge is 0.354 e. The molecule has 0 unspecified atom stereocenters. The van der Waals surface area contributed by atoms with E-state index in [1.807, 2.05) is 6.92 Å². The Labute approximate surface area is 96.8 Å². The Balaban J connectivity index is 4.03. The summed E-state index contributed by atoms with van der Waals surface area (Å²) in [6.45, 7) is 5.13. The maximum Gasteiger partial charge on any atom is 0.239 e. The molecule has 0 atom stereocenters. The summed E-state index contributed by atoms with van der Waals surface area (Å²) in [5.41, 5.74) is 0. The number of amides is 2. The first-order valence-corrected chi connectivity index (χ1v) is 5.94.